The van der Waals surface area contributed by atoms with Gasteiger partial charge in [-0.2, -0.15) is 0 Å². The molecule has 0 radical (unpaired) electrons. The number of nitrogens with zero attached hydrogens (tertiary/aromatic N) is 2. The van der Waals surface area contributed by atoms with Crippen molar-refractivity contribution >= 4 is 0 Å². The van der Waals surface area contributed by atoms with Crippen molar-refractivity contribution < 1.29 is 0 Å². The molecule has 13 heavy (non-hydrogen) atoms. The van der Waals surface area contributed by atoms with E-state index >= 15 is 0 Å². The third-order valence-electron chi connectivity index (χ3n) is 1.90. The number of nitrogens with one attached hydrogen (secondary N) is 1. The second-order valence-corrected chi connectivity index (χ2v) is 3.16. The summed E-state index contributed by atoms with van der Waals surface area (Å²) >= 11 is 0. The van der Waals surface area contributed by atoms with Crippen LogP contribution in [0, 0.1) is 0 Å². The Bertz CT molecular complexity index is 223. The molecule has 0 unspecified atom stereocenters. The van der Waals surface area contributed by atoms with Gasteiger partial charge in [0.25, 0.3) is 0 Å². The van der Waals surface area contributed by atoms with E-state index in [0.29, 0.717) is 0 Å². The van der Waals surface area contributed by atoms with Crippen LogP contribution < -0.4 is 5.32 Å². The molecule has 1 aromatic heterocycles. The molecule has 1 rings (SSSR count). The van der Waals surface area contributed by atoms with Crippen molar-refractivity contribution in [3.05, 3.63) is 30.1 Å². The van der Waals surface area contributed by atoms with Crippen molar-refractivity contribution in [1.29, 1.82) is 0 Å². The third kappa shape index (κ3) is 4.01. The zero-order chi connectivity index (χ0) is 9.52. The second kappa shape index (κ2) is 5.67. The molecule has 0 saturated heterocycles. The number of hydrogen-bond donors (Lipinski definition) is 1. The summed E-state index contributed by atoms with van der Waals surface area (Å²) < 4.78 is 0. The van der Waals surface area contributed by atoms with Crippen LogP contribution in [-0.2, 0) is 6.54 Å². The zero-order valence-corrected chi connectivity index (χ0v) is 8.33. The lowest BCUT2D eigenvalue weighted by Gasteiger charge is -2.15. The van der Waals surface area contributed by atoms with E-state index in [4.69, 9.17) is 0 Å². The lowest BCUT2D eigenvalue weighted by Crippen LogP contribution is -2.27. The van der Waals surface area contributed by atoms with E-state index in [2.05, 4.69) is 28.3 Å². The zero-order valence-electron chi connectivity index (χ0n) is 8.33. The Hall–Kier alpha value is -0.930. The first kappa shape index (κ1) is 10.2. The van der Waals surface area contributed by atoms with Gasteiger partial charge in [0.1, 0.15) is 0 Å². The highest BCUT2D eigenvalue weighted by molar-refractivity contribution is 5.02. The normalized spacial score (nSPS) is 10.7. The summed E-state index contributed by atoms with van der Waals surface area (Å²) in [7, 11) is 4.07. The van der Waals surface area contributed by atoms with Gasteiger partial charge >= 0.3 is 0 Å². The summed E-state index contributed by atoms with van der Waals surface area (Å²) in [5, 5.41) is 3.12. The molecule has 1 heterocycles. The van der Waals surface area contributed by atoms with Crippen LogP contribution in [0.15, 0.2) is 24.4 Å². The van der Waals surface area contributed by atoms with Gasteiger partial charge in [0.05, 0.1) is 5.69 Å². The van der Waals surface area contributed by atoms with Crippen LogP contribution in [0.25, 0.3) is 0 Å². The highest BCUT2D eigenvalue weighted by atomic mass is 15.1. The Balaban J connectivity index is 2.32. The van der Waals surface area contributed by atoms with Crippen LogP contribution in [-0.4, -0.2) is 37.1 Å². The average Bonchev–Trinajstić information content (AvgIpc) is 2.16. The highest BCUT2D eigenvalue weighted by Gasteiger charge is 1.98. The van der Waals surface area contributed by atoms with E-state index in [-0.39, 0.29) is 0 Å². The van der Waals surface area contributed by atoms with Crippen molar-refractivity contribution in [1.82, 2.24) is 15.2 Å². The molecule has 0 aliphatic rings. The smallest absolute Gasteiger partial charge is 0.0543 e. The Morgan fingerprint density at radius 2 is 2.31 bits per heavy atom. The van der Waals surface area contributed by atoms with Crippen LogP contribution in [0.2, 0.25) is 0 Å². The molecule has 1 N–H and O–H groups in total. The minimum absolute atomic E-state index is 0.919. The van der Waals surface area contributed by atoms with E-state index in [1.807, 2.05) is 25.4 Å². The lowest BCUT2D eigenvalue weighted by molar-refractivity contribution is 0.324. The van der Waals surface area contributed by atoms with Gasteiger partial charge in [-0.15, -0.1) is 0 Å². The van der Waals surface area contributed by atoms with E-state index in [1.54, 1.807) is 0 Å². The Morgan fingerprint density at radius 3 is 2.92 bits per heavy atom. The first-order valence-electron chi connectivity index (χ1n) is 4.56. The number of likely N-dealkylation sites (N-methyl/N-ethyl adjacent to an activating group) is 2. The quantitative estimate of drug-likeness (QED) is 0.722. The predicted octanol–water partition coefficient (Wildman–Crippen LogP) is 0.733. The Kier molecular flexibility index (Phi) is 4.43. The maximum absolute atomic E-state index is 4.26. The summed E-state index contributed by atoms with van der Waals surface area (Å²) in [4.78, 5) is 6.51. The molecular formula is C10H17N3. The summed E-state index contributed by atoms with van der Waals surface area (Å²) in [6.45, 7) is 2.99. The van der Waals surface area contributed by atoms with Gasteiger partial charge in [0, 0.05) is 25.8 Å². The third-order valence-corrected chi connectivity index (χ3v) is 1.90. The Labute approximate surface area is 79.8 Å². The summed E-state index contributed by atoms with van der Waals surface area (Å²) in [5.74, 6) is 0. The number of pyridine rings is 1. The molecule has 0 spiro atoms. The standard InChI is InChI=1S/C10H17N3/c1-11-7-8-13(2)9-10-5-3-4-6-12-10/h3-6,11H,7-9H2,1-2H3. The van der Waals surface area contributed by atoms with Gasteiger partial charge < -0.3 is 5.32 Å². The maximum Gasteiger partial charge on any atom is 0.0543 e. The number of aromatic nitrogens is 1. The van der Waals surface area contributed by atoms with Crippen LogP contribution in [0.1, 0.15) is 5.69 Å². The van der Waals surface area contributed by atoms with Crippen LogP contribution in [0.4, 0.5) is 0 Å². The molecule has 0 aliphatic carbocycles. The monoisotopic (exact) mass is 179 g/mol. The molecule has 0 amide bonds. The second-order valence-electron chi connectivity index (χ2n) is 3.16. The van der Waals surface area contributed by atoms with E-state index < -0.39 is 0 Å². The van der Waals surface area contributed by atoms with Gasteiger partial charge in [0.2, 0.25) is 0 Å². The lowest BCUT2D eigenvalue weighted by atomic mass is 10.3. The molecular weight excluding hydrogens is 162 g/mol. The highest BCUT2D eigenvalue weighted by Crippen LogP contribution is 1.97. The summed E-state index contributed by atoms with van der Waals surface area (Å²) in [5.41, 5.74) is 1.13. The topological polar surface area (TPSA) is 28.2 Å². The Morgan fingerprint density at radius 1 is 1.46 bits per heavy atom. The summed E-state index contributed by atoms with van der Waals surface area (Å²) in [6.07, 6.45) is 1.83. The first-order chi connectivity index (χ1) is 6.33. The minimum atomic E-state index is 0.919. The predicted molar refractivity (Wildman–Crippen MR) is 54.5 cm³/mol. The molecule has 0 aliphatic heterocycles. The van der Waals surface area contributed by atoms with E-state index in [0.717, 1.165) is 25.3 Å². The van der Waals surface area contributed by atoms with Crippen molar-refractivity contribution in [3.8, 4) is 0 Å². The molecule has 3 heteroatoms. The minimum Gasteiger partial charge on any atom is -0.318 e. The fraction of sp³-hybridized carbons (Fsp3) is 0.500. The van der Waals surface area contributed by atoms with Gasteiger partial charge in [-0.05, 0) is 26.2 Å². The van der Waals surface area contributed by atoms with Crippen molar-refractivity contribution in [3.63, 3.8) is 0 Å². The fourth-order valence-corrected chi connectivity index (χ4v) is 1.15. The molecule has 3 nitrogen and oxygen atoms in total. The number of hydrogen-bond acceptors (Lipinski definition) is 3. The van der Waals surface area contributed by atoms with Gasteiger partial charge in [-0.1, -0.05) is 6.07 Å². The first-order valence-corrected chi connectivity index (χ1v) is 4.56. The fourth-order valence-electron chi connectivity index (χ4n) is 1.15. The van der Waals surface area contributed by atoms with Crippen LogP contribution in [0.3, 0.4) is 0 Å². The van der Waals surface area contributed by atoms with E-state index in [1.165, 1.54) is 0 Å². The van der Waals surface area contributed by atoms with Crippen LogP contribution >= 0.6 is 0 Å². The van der Waals surface area contributed by atoms with E-state index in [9.17, 15) is 0 Å². The molecule has 0 fully saturated rings. The van der Waals surface area contributed by atoms with Gasteiger partial charge in [-0.3, -0.25) is 9.88 Å². The largest absolute Gasteiger partial charge is 0.318 e. The molecule has 72 valence electrons. The average molecular weight is 179 g/mol. The number of rotatable bonds is 5. The molecule has 0 atom stereocenters. The SMILES string of the molecule is CNCCN(C)Cc1ccccn1. The van der Waals surface area contributed by atoms with Crippen molar-refractivity contribution in [2.75, 3.05) is 27.2 Å². The molecule has 0 saturated carbocycles. The van der Waals surface area contributed by atoms with Crippen LogP contribution in [0.5, 0.6) is 0 Å². The summed E-state index contributed by atoms with van der Waals surface area (Å²) in [6, 6.07) is 6.02. The van der Waals surface area contributed by atoms with Gasteiger partial charge in [0.15, 0.2) is 0 Å². The molecule has 1 aromatic rings. The van der Waals surface area contributed by atoms with Gasteiger partial charge in [-0.25, -0.2) is 0 Å². The molecule has 0 bridgehead atoms. The molecule has 0 aromatic carbocycles. The maximum atomic E-state index is 4.26. The van der Waals surface area contributed by atoms with Crippen molar-refractivity contribution in [2.45, 2.75) is 6.54 Å². The van der Waals surface area contributed by atoms with Crippen molar-refractivity contribution in [2.24, 2.45) is 0 Å².